The Labute approximate surface area is 162 Å². The minimum atomic E-state index is -0.273. The monoisotopic (exact) mass is 378 g/mol. The van der Waals surface area contributed by atoms with E-state index < -0.39 is 0 Å². The maximum Gasteiger partial charge on any atom is 0.147 e. The van der Waals surface area contributed by atoms with Crippen molar-refractivity contribution < 1.29 is 13.5 Å². The largest absolute Gasteiger partial charge is 0.487 e. The van der Waals surface area contributed by atoms with Crippen molar-refractivity contribution in [3.63, 3.8) is 0 Å². The molecule has 0 aliphatic carbocycles. The molecule has 0 bridgehead atoms. The van der Waals surface area contributed by atoms with Crippen LogP contribution in [0.15, 0.2) is 60.8 Å². The van der Waals surface area contributed by atoms with Crippen molar-refractivity contribution in [2.24, 2.45) is 0 Å². The van der Waals surface area contributed by atoms with Crippen molar-refractivity contribution in [2.45, 2.75) is 27.0 Å². The summed E-state index contributed by atoms with van der Waals surface area (Å²) in [6.07, 6.45) is 1.72. The first-order chi connectivity index (χ1) is 13.5. The van der Waals surface area contributed by atoms with Crippen molar-refractivity contribution in [1.82, 2.24) is 9.55 Å². The van der Waals surface area contributed by atoms with Gasteiger partial charge in [0.25, 0.3) is 0 Å². The molecule has 2 heterocycles. The van der Waals surface area contributed by atoms with E-state index in [1.54, 1.807) is 24.4 Å². The van der Waals surface area contributed by atoms with E-state index in [1.165, 1.54) is 24.3 Å². The number of halogens is 2. The first-order valence-electron chi connectivity index (χ1n) is 9.09. The third-order valence-electron chi connectivity index (χ3n) is 5.00. The Morgan fingerprint density at radius 1 is 0.929 bits per heavy atom. The van der Waals surface area contributed by atoms with Crippen LogP contribution < -0.4 is 4.74 Å². The lowest BCUT2D eigenvalue weighted by Crippen LogP contribution is -2.04. The average molecular weight is 378 g/mol. The summed E-state index contributed by atoms with van der Waals surface area (Å²) in [5, 5.41) is 0. The van der Waals surface area contributed by atoms with Crippen LogP contribution in [0.5, 0.6) is 5.75 Å². The quantitative estimate of drug-likeness (QED) is 0.455. The Balaban J connectivity index is 1.72. The molecule has 0 amide bonds. The molecule has 0 atom stereocenters. The summed E-state index contributed by atoms with van der Waals surface area (Å²) in [5.74, 6) is 0.168. The van der Waals surface area contributed by atoms with Gasteiger partial charge in [-0.1, -0.05) is 24.3 Å². The van der Waals surface area contributed by atoms with Gasteiger partial charge in [-0.05, 0) is 54.8 Å². The molecule has 0 unspecified atom stereocenters. The minimum absolute atomic E-state index is 0.255. The van der Waals surface area contributed by atoms with Crippen LogP contribution in [-0.2, 0) is 13.2 Å². The van der Waals surface area contributed by atoms with Crippen molar-refractivity contribution in [3.05, 3.63) is 94.8 Å². The Kier molecular flexibility index (Phi) is 4.82. The van der Waals surface area contributed by atoms with Crippen LogP contribution in [0, 0.1) is 25.5 Å². The first-order valence-corrected chi connectivity index (χ1v) is 9.09. The lowest BCUT2D eigenvalue weighted by molar-refractivity contribution is 0.308. The van der Waals surface area contributed by atoms with Crippen molar-refractivity contribution in [2.75, 3.05) is 0 Å². The lowest BCUT2D eigenvalue weighted by Gasteiger charge is -2.13. The number of ether oxygens (including phenoxy) is 1. The fraction of sp³-hybridized carbons (Fsp3) is 0.174. The van der Waals surface area contributed by atoms with E-state index >= 15 is 0 Å². The molecule has 0 aliphatic rings. The molecule has 0 N–H and O–H groups in total. The molecule has 28 heavy (non-hydrogen) atoms. The summed E-state index contributed by atoms with van der Waals surface area (Å²) in [6, 6.07) is 14.7. The van der Waals surface area contributed by atoms with Gasteiger partial charge in [0, 0.05) is 24.5 Å². The van der Waals surface area contributed by atoms with Crippen molar-refractivity contribution >= 4 is 11.0 Å². The maximum atomic E-state index is 13.6. The molecule has 3 nitrogen and oxygen atoms in total. The predicted molar refractivity (Wildman–Crippen MR) is 105 cm³/mol. The second-order valence-electron chi connectivity index (χ2n) is 6.85. The topological polar surface area (TPSA) is 27.1 Å². The summed E-state index contributed by atoms with van der Waals surface area (Å²) >= 11 is 0. The van der Waals surface area contributed by atoms with Gasteiger partial charge in [0.2, 0.25) is 0 Å². The van der Waals surface area contributed by atoms with Crippen molar-refractivity contribution in [3.8, 4) is 5.75 Å². The van der Waals surface area contributed by atoms with Crippen LogP contribution in [0.25, 0.3) is 11.0 Å². The highest BCUT2D eigenvalue weighted by atomic mass is 19.1. The van der Waals surface area contributed by atoms with Gasteiger partial charge in [0.15, 0.2) is 0 Å². The summed E-state index contributed by atoms with van der Waals surface area (Å²) in [4.78, 5) is 4.52. The zero-order valence-corrected chi connectivity index (χ0v) is 15.7. The normalized spacial score (nSPS) is 11.1. The third kappa shape index (κ3) is 3.48. The molecule has 142 valence electrons. The van der Waals surface area contributed by atoms with Gasteiger partial charge in [0.1, 0.15) is 29.5 Å². The van der Waals surface area contributed by atoms with Gasteiger partial charge < -0.3 is 9.30 Å². The van der Waals surface area contributed by atoms with Gasteiger partial charge >= 0.3 is 0 Å². The molecule has 4 rings (SSSR count). The smallest absolute Gasteiger partial charge is 0.147 e. The van der Waals surface area contributed by atoms with E-state index in [9.17, 15) is 8.78 Å². The van der Waals surface area contributed by atoms with Gasteiger partial charge in [-0.2, -0.15) is 0 Å². The van der Waals surface area contributed by atoms with Crippen LogP contribution in [0.2, 0.25) is 0 Å². The molecule has 0 aliphatic heterocycles. The Morgan fingerprint density at radius 2 is 1.71 bits per heavy atom. The average Bonchev–Trinajstić information content (AvgIpc) is 2.93. The first kappa shape index (κ1) is 18.2. The zero-order chi connectivity index (χ0) is 19.7. The standard InChI is InChI=1S/C23H20F2N2O/c1-15-16(2)27(13-18-4-3-5-20(25)12-18)23-21(10-11-26-22(15)23)28-14-17-6-8-19(24)9-7-17/h3-12H,13-14H2,1-2H3. The van der Waals surface area contributed by atoms with Crippen molar-refractivity contribution in [1.29, 1.82) is 0 Å². The summed E-state index contributed by atoms with van der Waals surface area (Å²) < 4.78 is 34.9. The second kappa shape index (κ2) is 7.43. The molecular formula is C23H20F2N2O. The minimum Gasteiger partial charge on any atom is -0.487 e. The molecule has 0 saturated carbocycles. The summed E-state index contributed by atoms with van der Waals surface area (Å²) in [6.45, 7) is 4.89. The zero-order valence-electron chi connectivity index (χ0n) is 15.7. The van der Waals surface area contributed by atoms with E-state index in [1.807, 2.05) is 26.0 Å². The van der Waals surface area contributed by atoms with Gasteiger partial charge in [-0.25, -0.2) is 8.78 Å². The number of rotatable bonds is 5. The number of nitrogens with zero attached hydrogens (tertiary/aromatic N) is 2. The molecule has 0 saturated heterocycles. The molecule has 4 aromatic rings. The number of hydrogen-bond donors (Lipinski definition) is 0. The van der Waals surface area contributed by atoms with E-state index in [-0.39, 0.29) is 11.6 Å². The summed E-state index contributed by atoms with van der Waals surface area (Å²) in [5.41, 5.74) is 5.62. The predicted octanol–water partition coefficient (Wildman–Crippen LogP) is 5.56. The Hall–Kier alpha value is -3.21. The number of fused-ring (bicyclic) bond motifs is 1. The van der Waals surface area contributed by atoms with Crippen LogP contribution in [-0.4, -0.2) is 9.55 Å². The second-order valence-corrected chi connectivity index (χ2v) is 6.85. The Bertz CT molecular complexity index is 1130. The molecule has 2 aromatic carbocycles. The van der Waals surface area contributed by atoms with Crippen LogP contribution in [0.3, 0.4) is 0 Å². The molecule has 0 spiro atoms. The third-order valence-corrected chi connectivity index (χ3v) is 5.00. The number of hydrogen-bond acceptors (Lipinski definition) is 2. The van der Waals surface area contributed by atoms with Crippen LogP contribution >= 0.6 is 0 Å². The van der Waals surface area contributed by atoms with E-state index in [0.29, 0.717) is 18.9 Å². The van der Waals surface area contributed by atoms with Crippen LogP contribution in [0.4, 0.5) is 8.78 Å². The van der Waals surface area contributed by atoms with Gasteiger partial charge in [0.05, 0.1) is 5.52 Å². The Morgan fingerprint density at radius 3 is 2.46 bits per heavy atom. The van der Waals surface area contributed by atoms with E-state index in [2.05, 4.69) is 9.55 Å². The molecular weight excluding hydrogens is 358 g/mol. The molecule has 0 fully saturated rings. The molecule has 0 radical (unpaired) electrons. The number of pyridine rings is 1. The molecule has 2 aromatic heterocycles. The van der Waals surface area contributed by atoms with Gasteiger partial charge in [-0.3, -0.25) is 4.98 Å². The fourth-order valence-electron chi connectivity index (χ4n) is 3.39. The number of benzene rings is 2. The lowest BCUT2D eigenvalue weighted by atomic mass is 10.2. The van der Waals surface area contributed by atoms with Gasteiger partial charge in [-0.15, -0.1) is 0 Å². The fourth-order valence-corrected chi connectivity index (χ4v) is 3.39. The maximum absolute atomic E-state index is 13.6. The highest BCUT2D eigenvalue weighted by molar-refractivity contribution is 5.86. The summed E-state index contributed by atoms with van der Waals surface area (Å²) in [7, 11) is 0. The number of aryl methyl sites for hydroxylation is 1. The van der Waals surface area contributed by atoms with E-state index in [0.717, 1.165) is 33.4 Å². The highest BCUT2D eigenvalue weighted by Gasteiger charge is 2.17. The number of aromatic nitrogens is 2. The highest BCUT2D eigenvalue weighted by Crippen LogP contribution is 2.32. The SMILES string of the molecule is Cc1c(C)n(Cc2cccc(F)c2)c2c(OCc3ccc(F)cc3)ccnc12. The van der Waals surface area contributed by atoms with Crippen LogP contribution in [0.1, 0.15) is 22.4 Å². The van der Waals surface area contributed by atoms with E-state index in [4.69, 9.17) is 4.74 Å². The molecule has 5 heteroatoms.